The van der Waals surface area contributed by atoms with Gasteiger partial charge in [-0.2, -0.15) is 9.61 Å². The Labute approximate surface area is 282 Å². The molecule has 3 atom stereocenters. The van der Waals surface area contributed by atoms with Crippen LogP contribution in [0, 0.1) is 5.41 Å². The minimum Gasteiger partial charge on any atom is -0.383 e. The Bertz CT molecular complexity index is 1740. The van der Waals surface area contributed by atoms with Crippen molar-refractivity contribution in [3.05, 3.63) is 66.1 Å². The lowest BCUT2D eigenvalue weighted by molar-refractivity contribution is -0.132. The monoisotopic (exact) mass is 649 g/mol. The lowest BCUT2D eigenvalue weighted by Crippen LogP contribution is -2.49. The van der Waals surface area contributed by atoms with Crippen molar-refractivity contribution in [1.82, 2.24) is 34.7 Å². The molecule has 3 unspecified atom stereocenters. The van der Waals surface area contributed by atoms with Gasteiger partial charge in [-0.3, -0.25) is 9.78 Å². The number of anilines is 1. The predicted octanol–water partition coefficient (Wildman–Crippen LogP) is 4.28. The van der Waals surface area contributed by atoms with Gasteiger partial charge < -0.3 is 32.0 Å². The van der Waals surface area contributed by atoms with E-state index in [0.717, 1.165) is 97.6 Å². The number of hydrogen-bond acceptors (Lipinski definition) is 8. The van der Waals surface area contributed by atoms with Gasteiger partial charge >= 0.3 is 0 Å². The van der Waals surface area contributed by atoms with E-state index in [0.29, 0.717) is 17.7 Å². The Morgan fingerprint density at radius 1 is 1.06 bits per heavy atom. The van der Waals surface area contributed by atoms with E-state index >= 15 is 0 Å². The van der Waals surface area contributed by atoms with Crippen LogP contribution in [0.3, 0.4) is 0 Å². The summed E-state index contributed by atoms with van der Waals surface area (Å²) < 4.78 is 1.79. The number of nitrogens with zero attached hydrogens (tertiary/aromatic N) is 7. The summed E-state index contributed by atoms with van der Waals surface area (Å²) in [6.07, 6.45) is 8.68. The maximum atomic E-state index is 13.5. The average molecular weight is 650 g/mol. The standard InChI is InChI=1S/C35H44N10O.CH3N/c1-22(18-27-12-8-23(2)44(27)30(46)21-40-35(37)43-16-14-38-15-17-43)32-31(25-9-10-25)33(36)45-34(42-32)28(20-41-45)26-11-13-29(39-19-26)24-6-4-3-5-7-24;1-2/h3-7,11,13,19-20,22-23,25,27,38H,8-10,12,14-18,21,36H2,1-2H3,(H2,37,40);2H,1H2. The van der Waals surface area contributed by atoms with Crippen molar-refractivity contribution in [3.8, 4) is 22.4 Å². The Morgan fingerprint density at radius 3 is 2.50 bits per heavy atom. The fraction of sp³-hybridized carbons (Fsp3) is 0.444. The number of piperazine rings is 1. The fourth-order valence-corrected chi connectivity index (χ4v) is 7.24. The summed E-state index contributed by atoms with van der Waals surface area (Å²) >= 11 is 0. The lowest BCUT2D eigenvalue weighted by Gasteiger charge is -2.31. The van der Waals surface area contributed by atoms with Gasteiger partial charge in [-0.25, -0.2) is 9.98 Å². The Morgan fingerprint density at radius 2 is 1.81 bits per heavy atom. The first kappa shape index (κ1) is 33.1. The molecule has 1 aromatic carbocycles. The number of guanidine groups is 1. The maximum Gasteiger partial charge on any atom is 0.244 e. The summed E-state index contributed by atoms with van der Waals surface area (Å²) in [5, 5.41) is 13.5. The molecule has 3 fully saturated rings. The number of nitrogens with one attached hydrogen (secondary N) is 2. The quantitative estimate of drug-likeness (QED) is 0.162. The third-order valence-electron chi connectivity index (χ3n) is 9.86. The normalized spacial score (nSPS) is 20.4. The number of fused-ring (bicyclic) bond motifs is 1. The molecule has 7 rings (SSSR count). The van der Waals surface area contributed by atoms with Crippen LogP contribution in [0.1, 0.15) is 69.0 Å². The molecule has 3 aliphatic rings. The lowest BCUT2D eigenvalue weighted by atomic mass is 9.92. The highest BCUT2D eigenvalue weighted by Gasteiger charge is 2.38. The molecular formula is C36H47N11O. The van der Waals surface area contributed by atoms with Crippen LogP contribution in [-0.2, 0) is 4.79 Å². The molecule has 4 aromatic rings. The van der Waals surface area contributed by atoms with Gasteiger partial charge in [-0.05, 0) is 57.7 Å². The van der Waals surface area contributed by atoms with Crippen LogP contribution < -0.4 is 16.8 Å². The van der Waals surface area contributed by atoms with Gasteiger partial charge in [0.15, 0.2) is 11.6 Å². The SMILES string of the molecule is C=N.CC(CC1CCC(C)N1C(=O)CN=C(N)N1CCNCC1)c1nc2c(-c3ccc(-c4ccccc4)nc3)cnn2c(N)c1C1CC1. The summed E-state index contributed by atoms with van der Waals surface area (Å²) in [5.41, 5.74) is 19.8. The first-order valence-corrected chi connectivity index (χ1v) is 17.0. The van der Waals surface area contributed by atoms with Gasteiger partial charge in [0.1, 0.15) is 12.4 Å². The van der Waals surface area contributed by atoms with Crippen molar-refractivity contribution < 1.29 is 4.79 Å². The highest BCUT2D eigenvalue weighted by molar-refractivity contribution is 5.85. The number of pyridine rings is 1. The number of likely N-dealkylation sites (tertiary alicyclic amines) is 1. The summed E-state index contributed by atoms with van der Waals surface area (Å²) in [5.74, 6) is 1.66. The van der Waals surface area contributed by atoms with E-state index in [1.807, 2.05) is 46.5 Å². The molecule has 0 spiro atoms. The molecule has 12 heteroatoms. The van der Waals surface area contributed by atoms with Crippen molar-refractivity contribution in [2.45, 2.75) is 69.9 Å². The average Bonchev–Trinajstić information content (AvgIpc) is 3.77. The third kappa shape index (κ3) is 6.75. The number of carbonyl (C=O) groups is 1. The van der Waals surface area contributed by atoms with E-state index in [1.54, 1.807) is 4.52 Å². The van der Waals surface area contributed by atoms with E-state index in [-0.39, 0.29) is 30.5 Å². The van der Waals surface area contributed by atoms with Crippen LogP contribution in [0.2, 0.25) is 0 Å². The topological polar surface area (TPSA) is 167 Å². The Balaban J connectivity index is 0.00000197. The van der Waals surface area contributed by atoms with Crippen LogP contribution in [0.4, 0.5) is 5.82 Å². The Hall–Kier alpha value is -4.84. The van der Waals surface area contributed by atoms with E-state index in [1.165, 1.54) is 0 Å². The zero-order chi connectivity index (χ0) is 33.8. The summed E-state index contributed by atoms with van der Waals surface area (Å²) in [6, 6.07) is 14.5. The minimum atomic E-state index is 0.0372. The first-order valence-electron chi connectivity index (χ1n) is 17.0. The number of benzene rings is 1. The largest absolute Gasteiger partial charge is 0.383 e. The smallest absolute Gasteiger partial charge is 0.244 e. The third-order valence-corrected chi connectivity index (χ3v) is 9.86. The molecule has 12 nitrogen and oxygen atoms in total. The molecule has 0 radical (unpaired) electrons. The molecule has 1 amide bonds. The molecule has 2 saturated heterocycles. The predicted molar refractivity (Wildman–Crippen MR) is 191 cm³/mol. The molecule has 6 N–H and O–H groups in total. The molecule has 48 heavy (non-hydrogen) atoms. The van der Waals surface area contributed by atoms with E-state index in [4.69, 9.17) is 26.8 Å². The molecular weight excluding hydrogens is 602 g/mol. The maximum absolute atomic E-state index is 13.5. The van der Waals surface area contributed by atoms with Gasteiger partial charge in [-0.1, -0.05) is 43.3 Å². The second-order valence-corrected chi connectivity index (χ2v) is 13.1. The second kappa shape index (κ2) is 14.5. The van der Waals surface area contributed by atoms with Crippen LogP contribution in [0.15, 0.2) is 59.9 Å². The van der Waals surface area contributed by atoms with Gasteiger partial charge in [-0.15, -0.1) is 0 Å². The zero-order valence-electron chi connectivity index (χ0n) is 28.0. The number of rotatable bonds is 8. The Kier molecular flexibility index (Phi) is 10.00. The zero-order valence-corrected chi connectivity index (χ0v) is 28.0. The second-order valence-electron chi connectivity index (χ2n) is 13.1. The number of aliphatic imine (C=N–C) groups is 1. The summed E-state index contributed by atoms with van der Waals surface area (Å²) in [4.78, 5) is 32.2. The number of nitrogens with two attached hydrogens (primary N) is 2. The van der Waals surface area contributed by atoms with Crippen LogP contribution >= 0.6 is 0 Å². The molecule has 0 bridgehead atoms. The number of nitrogen functional groups attached to an aromatic ring is 1. The van der Waals surface area contributed by atoms with Crippen molar-refractivity contribution in [2.75, 3.05) is 38.5 Å². The summed E-state index contributed by atoms with van der Waals surface area (Å²) in [7, 11) is 0. The molecule has 252 valence electrons. The van der Waals surface area contributed by atoms with E-state index < -0.39 is 0 Å². The number of hydrogen-bond donors (Lipinski definition) is 4. The fourth-order valence-electron chi connectivity index (χ4n) is 7.24. The van der Waals surface area contributed by atoms with Crippen molar-refractivity contribution in [2.24, 2.45) is 10.7 Å². The number of aromatic nitrogens is 4. The van der Waals surface area contributed by atoms with Crippen LogP contribution in [-0.4, -0.2) is 92.8 Å². The van der Waals surface area contributed by atoms with Crippen LogP contribution in [0.5, 0.6) is 0 Å². The van der Waals surface area contributed by atoms with Gasteiger partial charge in [0.05, 0.1) is 17.6 Å². The highest BCUT2D eigenvalue weighted by Crippen LogP contribution is 2.47. The number of amides is 1. The van der Waals surface area contributed by atoms with Crippen LogP contribution in [0.25, 0.3) is 28.0 Å². The van der Waals surface area contributed by atoms with E-state index in [2.05, 4.69) is 54.2 Å². The van der Waals surface area contributed by atoms with Gasteiger partial charge in [0.25, 0.3) is 0 Å². The van der Waals surface area contributed by atoms with Gasteiger partial charge in [0, 0.05) is 72.6 Å². The highest BCUT2D eigenvalue weighted by atomic mass is 16.2. The molecule has 1 aliphatic carbocycles. The summed E-state index contributed by atoms with van der Waals surface area (Å²) in [6.45, 7) is 10.3. The van der Waals surface area contributed by atoms with Crippen molar-refractivity contribution in [1.29, 1.82) is 5.41 Å². The first-order chi connectivity index (χ1) is 23.4. The van der Waals surface area contributed by atoms with E-state index in [9.17, 15) is 4.79 Å². The number of carbonyl (C=O) groups excluding carboxylic acids is 1. The van der Waals surface area contributed by atoms with Crippen molar-refractivity contribution >= 4 is 30.0 Å². The van der Waals surface area contributed by atoms with Gasteiger partial charge in [0.2, 0.25) is 5.91 Å². The molecule has 2 aliphatic heterocycles. The molecule has 5 heterocycles. The molecule has 1 saturated carbocycles. The minimum absolute atomic E-state index is 0.0372. The van der Waals surface area contributed by atoms with Crippen molar-refractivity contribution in [3.63, 3.8) is 0 Å². The molecule has 3 aromatic heterocycles.